The predicted octanol–water partition coefficient (Wildman–Crippen LogP) is 5.50. The summed E-state index contributed by atoms with van der Waals surface area (Å²) in [5.74, 6) is 0. The van der Waals surface area contributed by atoms with Crippen molar-refractivity contribution in [3.8, 4) is 0 Å². The van der Waals surface area contributed by atoms with Crippen LogP contribution < -0.4 is 5.32 Å². The van der Waals surface area contributed by atoms with Crippen LogP contribution in [0.25, 0.3) is 0 Å². The van der Waals surface area contributed by atoms with Crippen LogP contribution in [0.4, 0.5) is 0 Å². The van der Waals surface area contributed by atoms with E-state index in [-0.39, 0.29) is 6.04 Å². The van der Waals surface area contributed by atoms with Gasteiger partial charge in [-0.25, -0.2) is 0 Å². The molecular weight excluding hydrogens is 301 g/mol. The minimum Gasteiger partial charge on any atom is -0.310 e. The van der Waals surface area contributed by atoms with Gasteiger partial charge in [-0.3, -0.25) is 0 Å². The van der Waals surface area contributed by atoms with Crippen LogP contribution in [0.1, 0.15) is 35.2 Å². The lowest BCUT2D eigenvalue weighted by Gasteiger charge is -2.21. The minimum absolute atomic E-state index is 0.195. The summed E-state index contributed by atoms with van der Waals surface area (Å²) in [6, 6.07) is 12.4. The van der Waals surface area contributed by atoms with Gasteiger partial charge in [0.25, 0.3) is 0 Å². The number of likely N-dealkylation sites (N-methyl/N-ethyl adjacent to an activating group) is 1. The molecule has 1 atom stereocenters. The van der Waals surface area contributed by atoms with Gasteiger partial charge < -0.3 is 5.32 Å². The van der Waals surface area contributed by atoms with Crippen molar-refractivity contribution in [3.63, 3.8) is 0 Å². The Hall–Kier alpha value is -1.02. The van der Waals surface area contributed by atoms with Crippen molar-refractivity contribution in [1.29, 1.82) is 0 Å². The maximum Gasteiger partial charge on any atom is 0.0456 e. The number of benzene rings is 2. The monoisotopic (exact) mass is 321 g/mol. The fourth-order valence-corrected chi connectivity index (χ4v) is 3.07. The normalized spacial score (nSPS) is 12.4. The average molecular weight is 322 g/mol. The van der Waals surface area contributed by atoms with Gasteiger partial charge in [0.1, 0.15) is 0 Å². The Kier molecular flexibility index (Phi) is 5.69. The third-order valence-electron chi connectivity index (χ3n) is 3.77. The lowest BCUT2D eigenvalue weighted by molar-refractivity contribution is 0.549. The first-order chi connectivity index (χ1) is 10.0. The Balaban J connectivity index is 2.33. The van der Waals surface area contributed by atoms with E-state index in [1.165, 1.54) is 16.7 Å². The lowest BCUT2D eigenvalue weighted by atomic mass is 9.95. The van der Waals surface area contributed by atoms with Crippen LogP contribution in [0, 0.1) is 13.8 Å². The highest BCUT2D eigenvalue weighted by atomic mass is 35.5. The number of hydrogen-bond acceptors (Lipinski definition) is 1. The summed E-state index contributed by atoms with van der Waals surface area (Å²) in [5, 5.41) is 5.12. The molecule has 0 amide bonds. The van der Waals surface area contributed by atoms with Gasteiger partial charge in [0.15, 0.2) is 0 Å². The van der Waals surface area contributed by atoms with E-state index in [1.54, 1.807) is 0 Å². The van der Waals surface area contributed by atoms with Crippen molar-refractivity contribution < 1.29 is 0 Å². The fourth-order valence-electron chi connectivity index (χ4n) is 2.51. The van der Waals surface area contributed by atoms with Crippen molar-refractivity contribution in [1.82, 2.24) is 5.32 Å². The number of halogens is 2. The second-order valence-electron chi connectivity index (χ2n) is 5.40. The minimum atomic E-state index is 0.195. The van der Waals surface area contributed by atoms with E-state index in [9.17, 15) is 0 Å². The van der Waals surface area contributed by atoms with E-state index in [4.69, 9.17) is 23.2 Å². The summed E-state index contributed by atoms with van der Waals surface area (Å²) < 4.78 is 0. The molecule has 0 saturated heterocycles. The zero-order valence-electron chi connectivity index (χ0n) is 12.7. The van der Waals surface area contributed by atoms with Crippen molar-refractivity contribution in [2.24, 2.45) is 0 Å². The zero-order valence-corrected chi connectivity index (χ0v) is 14.2. The van der Waals surface area contributed by atoms with Gasteiger partial charge in [-0.15, -0.1) is 0 Å². The molecular formula is C18H21Cl2N. The summed E-state index contributed by atoms with van der Waals surface area (Å²) >= 11 is 12.5. The molecule has 0 aliphatic heterocycles. The van der Waals surface area contributed by atoms with E-state index >= 15 is 0 Å². The van der Waals surface area contributed by atoms with Gasteiger partial charge in [-0.05, 0) is 67.3 Å². The van der Waals surface area contributed by atoms with E-state index in [0.717, 1.165) is 28.6 Å². The zero-order chi connectivity index (χ0) is 15.4. The Morgan fingerprint density at radius 1 is 1.05 bits per heavy atom. The molecule has 0 aliphatic carbocycles. The Morgan fingerprint density at radius 2 is 1.76 bits per heavy atom. The molecule has 0 aromatic heterocycles. The maximum absolute atomic E-state index is 6.46. The number of aryl methyl sites for hydroxylation is 2. The number of rotatable bonds is 5. The third-order valence-corrected chi connectivity index (χ3v) is 4.33. The molecule has 1 nitrogen and oxygen atoms in total. The standard InChI is InChI=1S/C18H21Cl2N/c1-4-21-18(11-14-6-5-7-15(19)10-14)16-8-12(2)13(3)9-17(16)20/h5-10,18,21H,4,11H2,1-3H3. The molecule has 1 N–H and O–H groups in total. The van der Waals surface area contributed by atoms with Crippen molar-refractivity contribution in [3.05, 3.63) is 68.7 Å². The summed E-state index contributed by atoms with van der Waals surface area (Å²) in [6.45, 7) is 7.22. The van der Waals surface area contributed by atoms with E-state index in [0.29, 0.717) is 0 Å². The van der Waals surface area contributed by atoms with Crippen LogP contribution in [0.2, 0.25) is 10.0 Å². The molecule has 21 heavy (non-hydrogen) atoms. The van der Waals surface area contributed by atoms with Gasteiger partial charge >= 0.3 is 0 Å². The van der Waals surface area contributed by atoms with Crippen LogP contribution in [0.5, 0.6) is 0 Å². The summed E-state index contributed by atoms with van der Waals surface area (Å²) in [7, 11) is 0. The van der Waals surface area contributed by atoms with Crippen molar-refractivity contribution in [2.75, 3.05) is 6.54 Å². The fraction of sp³-hybridized carbons (Fsp3) is 0.333. The predicted molar refractivity (Wildman–Crippen MR) is 92.5 cm³/mol. The van der Waals surface area contributed by atoms with E-state index in [1.807, 2.05) is 18.2 Å². The summed E-state index contributed by atoms with van der Waals surface area (Å²) in [5.41, 5.74) is 4.86. The van der Waals surface area contributed by atoms with Crippen LogP contribution in [0.3, 0.4) is 0 Å². The average Bonchev–Trinajstić information content (AvgIpc) is 2.42. The van der Waals surface area contributed by atoms with Gasteiger partial charge in [-0.2, -0.15) is 0 Å². The first kappa shape index (κ1) is 16.4. The molecule has 112 valence electrons. The molecule has 2 rings (SSSR count). The molecule has 0 aliphatic rings. The van der Waals surface area contributed by atoms with E-state index < -0.39 is 0 Å². The Labute approximate surface area is 137 Å². The summed E-state index contributed by atoms with van der Waals surface area (Å²) in [6.07, 6.45) is 0.872. The first-order valence-electron chi connectivity index (χ1n) is 7.25. The Bertz CT molecular complexity index is 623. The maximum atomic E-state index is 6.46. The number of hydrogen-bond donors (Lipinski definition) is 1. The molecule has 0 heterocycles. The molecule has 2 aromatic rings. The van der Waals surface area contributed by atoms with Crippen LogP contribution in [-0.4, -0.2) is 6.54 Å². The molecule has 3 heteroatoms. The smallest absolute Gasteiger partial charge is 0.0456 e. The number of nitrogens with one attached hydrogen (secondary N) is 1. The first-order valence-corrected chi connectivity index (χ1v) is 8.01. The van der Waals surface area contributed by atoms with Crippen LogP contribution in [0.15, 0.2) is 36.4 Å². The van der Waals surface area contributed by atoms with Gasteiger partial charge in [0.2, 0.25) is 0 Å². The lowest BCUT2D eigenvalue weighted by Crippen LogP contribution is -2.23. The quantitative estimate of drug-likeness (QED) is 0.766. The second kappa shape index (κ2) is 7.31. The SMILES string of the molecule is CCNC(Cc1cccc(Cl)c1)c1cc(C)c(C)cc1Cl. The molecule has 0 saturated carbocycles. The molecule has 2 aromatic carbocycles. The highest BCUT2D eigenvalue weighted by molar-refractivity contribution is 6.31. The van der Waals surface area contributed by atoms with Crippen molar-refractivity contribution in [2.45, 2.75) is 33.2 Å². The highest BCUT2D eigenvalue weighted by Crippen LogP contribution is 2.29. The third kappa shape index (κ3) is 4.23. The van der Waals surface area contributed by atoms with E-state index in [2.05, 4.69) is 44.3 Å². The topological polar surface area (TPSA) is 12.0 Å². The molecule has 0 radical (unpaired) electrons. The molecule has 0 spiro atoms. The van der Waals surface area contributed by atoms with Crippen molar-refractivity contribution >= 4 is 23.2 Å². The van der Waals surface area contributed by atoms with Gasteiger partial charge in [0, 0.05) is 16.1 Å². The molecule has 1 unspecified atom stereocenters. The second-order valence-corrected chi connectivity index (χ2v) is 6.25. The van der Waals surface area contributed by atoms with Gasteiger partial charge in [0.05, 0.1) is 0 Å². The Morgan fingerprint density at radius 3 is 2.43 bits per heavy atom. The van der Waals surface area contributed by atoms with Crippen LogP contribution >= 0.6 is 23.2 Å². The summed E-state index contributed by atoms with van der Waals surface area (Å²) in [4.78, 5) is 0. The van der Waals surface area contributed by atoms with Gasteiger partial charge in [-0.1, -0.05) is 48.3 Å². The molecule has 0 fully saturated rings. The largest absolute Gasteiger partial charge is 0.310 e. The highest BCUT2D eigenvalue weighted by Gasteiger charge is 2.16. The molecule has 0 bridgehead atoms. The van der Waals surface area contributed by atoms with Crippen LogP contribution in [-0.2, 0) is 6.42 Å².